The summed E-state index contributed by atoms with van der Waals surface area (Å²) in [6.45, 7) is 11.2. The number of ketones is 1. The largest absolute Gasteiger partial charge is 0.444 e. The highest BCUT2D eigenvalue weighted by Gasteiger charge is 2.39. The molecule has 7 heteroatoms. The fraction of sp³-hybridized carbons (Fsp3) is 0.640. The number of hydrogen-bond donors (Lipinski definition) is 1. The number of hydrogen-bond acceptors (Lipinski definition) is 5. The normalized spacial score (nSPS) is 20.1. The fourth-order valence-corrected chi connectivity index (χ4v) is 4.28. The molecule has 2 aliphatic rings. The van der Waals surface area contributed by atoms with Crippen molar-refractivity contribution in [1.82, 2.24) is 5.32 Å². The van der Waals surface area contributed by atoms with Crippen LogP contribution in [0, 0.1) is 5.41 Å². The van der Waals surface area contributed by atoms with E-state index in [0.717, 1.165) is 37.1 Å². The Hall–Kier alpha value is -2.57. The molecule has 7 nitrogen and oxygen atoms in total. The number of benzene rings is 1. The van der Waals surface area contributed by atoms with Gasteiger partial charge in [0, 0.05) is 18.0 Å². The summed E-state index contributed by atoms with van der Waals surface area (Å²) in [5.74, 6) is -0.326. The number of para-hydroxylation sites is 2. The third-order valence-corrected chi connectivity index (χ3v) is 6.02. The Kier molecular flexibility index (Phi) is 6.86. The monoisotopic (exact) mass is 443 g/mol. The fourth-order valence-electron chi connectivity index (χ4n) is 4.28. The molecule has 3 rings (SSSR count). The lowest BCUT2D eigenvalue weighted by atomic mass is 9.90. The molecule has 0 saturated heterocycles. The van der Waals surface area contributed by atoms with Crippen LogP contribution in [0.4, 0.5) is 16.2 Å². The smallest absolute Gasteiger partial charge is 0.408 e. The zero-order chi connectivity index (χ0) is 23.7. The quantitative estimate of drug-likeness (QED) is 0.751. The number of nitrogens with zero attached hydrogens (tertiary/aromatic N) is 2. The van der Waals surface area contributed by atoms with E-state index in [-0.39, 0.29) is 18.2 Å². The molecule has 1 aromatic rings. The number of carbonyl (C=O) groups is 3. The molecule has 1 unspecified atom stereocenters. The Morgan fingerprint density at radius 2 is 1.62 bits per heavy atom. The van der Waals surface area contributed by atoms with Gasteiger partial charge >= 0.3 is 6.09 Å². The van der Waals surface area contributed by atoms with Crippen molar-refractivity contribution in [2.45, 2.75) is 84.9 Å². The van der Waals surface area contributed by atoms with E-state index < -0.39 is 23.2 Å². The molecule has 0 aromatic heterocycles. The van der Waals surface area contributed by atoms with Crippen LogP contribution in [0.25, 0.3) is 0 Å². The molecule has 1 aliphatic carbocycles. The highest BCUT2D eigenvalue weighted by atomic mass is 16.6. The second-order valence-corrected chi connectivity index (χ2v) is 10.9. The van der Waals surface area contributed by atoms with Crippen LogP contribution in [-0.4, -0.2) is 48.6 Å². The standard InChI is InChI=1S/C25H37N3O4/c1-24(2,3)21(29)16-28-20-14-10-9-13-19(20)27(17-11-7-8-12-17)15-18(22(28)30)26-23(31)32-25(4,5)6/h9-10,13-14,17-18H,7-8,11-12,15-16H2,1-6H3,(H,26,31). The van der Waals surface area contributed by atoms with E-state index >= 15 is 0 Å². The van der Waals surface area contributed by atoms with Crippen molar-refractivity contribution in [2.24, 2.45) is 5.41 Å². The maximum atomic E-state index is 13.7. The summed E-state index contributed by atoms with van der Waals surface area (Å²) < 4.78 is 5.43. The molecule has 0 radical (unpaired) electrons. The van der Waals surface area contributed by atoms with Gasteiger partial charge in [-0.2, -0.15) is 0 Å². The van der Waals surface area contributed by atoms with Gasteiger partial charge in [-0.3, -0.25) is 9.59 Å². The summed E-state index contributed by atoms with van der Waals surface area (Å²) in [7, 11) is 0. The maximum Gasteiger partial charge on any atom is 0.408 e. The van der Waals surface area contributed by atoms with Crippen molar-refractivity contribution >= 4 is 29.2 Å². The first kappa shape index (κ1) is 24.1. The van der Waals surface area contributed by atoms with Crippen molar-refractivity contribution in [3.05, 3.63) is 24.3 Å². The van der Waals surface area contributed by atoms with E-state index in [4.69, 9.17) is 4.74 Å². The van der Waals surface area contributed by atoms with Crippen LogP contribution in [0.5, 0.6) is 0 Å². The minimum atomic E-state index is -0.814. The van der Waals surface area contributed by atoms with Gasteiger partial charge in [-0.15, -0.1) is 0 Å². The lowest BCUT2D eigenvalue weighted by Gasteiger charge is -2.32. The van der Waals surface area contributed by atoms with Crippen LogP contribution >= 0.6 is 0 Å². The molecule has 1 N–H and O–H groups in total. The van der Waals surface area contributed by atoms with Gasteiger partial charge in [-0.25, -0.2) is 4.79 Å². The van der Waals surface area contributed by atoms with Crippen molar-refractivity contribution in [2.75, 3.05) is 22.9 Å². The van der Waals surface area contributed by atoms with E-state index in [0.29, 0.717) is 12.6 Å². The van der Waals surface area contributed by atoms with Crippen LogP contribution in [0.15, 0.2) is 24.3 Å². The molecule has 0 bridgehead atoms. The van der Waals surface area contributed by atoms with Gasteiger partial charge in [0.05, 0.1) is 17.9 Å². The summed E-state index contributed by atoms with van der Waals surface area (Å²) >= 11 is 0. The number of rotatable bonds is 4. The molecule has 0 spiro atoms. The van der Waals surface area contributed by atoms with Gasteiger partial charge in [0.15, 0.2) is 5.78 Å². The minimum Gasteiger partial charge on any atom is -0.444 e. The van der Waals surface area contributed by atoms with Crippen molar-refractivity contribution < 1.29 is 19.1 Å². The molecule has 1 aliphatic heterocycles. The lowest BCUT2D eigenvalue weighted by Crippen LogP contribution is -2.55. The summed E-state index contributed by atoms with van der Waals surface area (Å²) in [5, 5.41) is 2.79. The molecular weight excluding hydrogens is 406 g/mol. The summed E-state index contributed by atoms with van der Waals surface area (Å²) in [6, 6.07) is 7.22. The number of nitrogens with one attached hydrogen (secondary N) is 1. The highest BCUT2D eigenvalue weighted by molar-refractivity contribution is 6.07. The Morgan fingerprint density at radius 3 is 2.19 bits per heavy atom. The second-order valence-electron chi connectivity index (χ2n) is 10.9. The van der Waals surface area contributed by atoms with Crippen LogP contribution in [0.1, 0.15) is 67.2 Å². The number of carbonyl (C=O) groups excluding carboxylic acids is 3. The maximum absolute atomic E-state index is 13.7. The number of amides is 2. The molecule has 1 aromatic carbocycles. The van der Waals surface area contributed by atoms with Gasteiger partial charge in [-0.05, 0) is 45.7 Å². The predicted molar refractivity (Wildman–Crippen MR) is 126 cm³/mol. The Labute approximate surface area is 191 Å². The third kappa shape index (κ3) is 5.61. The van der Waals surface area contributed by atoms with E-state index in [1.807, 2.05) is 45.0 Å². The van der Waals surface area contributed by atoms with Gasteiger partial charge < -0.3 is 19.9 Å². The van der Waals surface area contributed by atoms with E-state index in [2.05, 4.69) is 10.2 Å². The summed E-state index contributed by atoms with van der Waals surface area (Å²) in [4.78, 5) is 43.0. The summed E-state index contributed by atoms with van der Waals surface area (Å²) in [6.07, 6.45) is 3.75. The minimum absolute atomic E-state index is 0.0361. The van der Waals surface area contributed by atoms with Gasteiger partial charge in [0.25, 0.3) is 5.91 Å². The van der Waals surface area contributed by atoms with E-state index in [1.165, 1.54) is 0 Å². The number of ether oxygens (including phenoxy) is 1. The topological polar surface area (TPSA) is 79.0 Å². The lowest BCUT2D eigenvalue weighted by molar-refractivity contribution is -0.127. The molecule has 32 heavy (non-hydrogen) atoms. The molecule has 1 heterocycles. The highest BCUT2D eigenvalue weighted by Crippen LogP contribution is 2.38. The first-order chi connectivity index (χ1) is 14.9. The SMILES string of the molecule is CC(C)(C)OC(=O)NC1CN(C2CCCC2)c2ccccc2N(CC(=O)C(C)(C)C)C1=O. The van der Waals surface area contributed by atoms with Gasteiger partial charge in [0.2, 0.25) is 0 Å². The first-order valence-electron chi connectivity index (χ1n) is 11.6. The van der Waals surface area contributed by atoms with Gasteiger partial charge in [0.1, 0.15) is 11.6 Å². The molecule has 2 amide bonds. The van der Waals surface area contributed by atoms with Gasteiger partial charge in [-0.1, -0.05) is 45.7 Å². The zero-order valence-electron chi connectivity index (χ0n) is 20.2. The molecular formula is C25H37N3O4. The molecule has 1 saturated carbocycles. The van der Waals surface area contributed by atoms with Crippen molar-refractivity contribution in [3.63, 3.8) is 0 Å². The Morgan fingerprint density at radius 1 is 1.03 bits per heavy atom. The molecule has 176 valence electrons. The average molecular weight is 444 g/mol. The van der Waals surface area contributed by atoms with E-state index in [9.17, 15) is 14.4 Å². The first-order valence-corrected chi connectivity index (χ1v) is 11.6. The van der Waals surface area contributed by atoms with Crippen LogP contribution in [-0.2, 0) is 14.3 Å². The molecule has 1 fully saturated rings. The Balaban J connectivity index is 2.00. The number of anilines is 2. The van der Waals surface area contributed by atoms with Crippen LogP contribution in [0.3, 0.4) is 0 Å². The number of Topliss-reactive ketones (excluding diaryl/α,β-unsaturated/α-hetero) is 1. The second kappa shape index (κ2) is 9.12. The number of alkyl carbamates (subject to hydrolysis) is 1. The van der Waals surface area contributed by atoms with Crippen LogP contribution in [0.2, 0.25) is 0 Å². The van der Waals surface area contributed by atoms with Crippen LogP contribution < -0.4 is 15.1 Å². The predicted octanol–water partition coefficient (Wildman–Crippen LogP) is 4.29. The number of fused-ring (bicyclic) bond motifs is 1. The van der Waals surface area contributed by atoms with E-state index in [1.54, 1.807) is 25.7 Å². The third-order valence-electron chi connectivity index (χ3n) is 6.02. The zero-order valence-corrected chi connectivity index (χ0v) is 20.2. The molecule has 1 atom stereocenters. The van der Waals surface area contributed by atoms with Crippen molar-refractivity contribution in [3.8, 4) is 0 Å². The Bertz CT molecular complexity index is 863. The average Bonchev–Trinajstić information content (AvgIpc) is 3.17. The van der Waals surface area contributed by atoms with Crippen molar-refractivity contribution in [1.29, 1.82) is 0 Å². The summed E-state index contributed by atoms with van der Waals surface area (Å²) in [5.41, 5.74) is 0.396.